The van der Waals surface area contributed by atoms with Gasteiger partial charge in [0.2, 0.25) is 0 Å². The van der Waals surface area contributed by atoms with Gasteiger partial charge in [0.05, 0.1) is 0 Å². The van der Waals surface area contributed by atoms with Gasteiger partial charge in [-0.2, -0.15) is 0 Å². The van der Waals surface area contributed by atoms with Gasteiger partial charge in [-0.25, -0.2) is 0 Å². The highest BCUT2D eigenvalue weighted by molar-refractivity contribution is 4.87. The number of aliphatic hydroxyl groups is 1. The Balaban J connectivity index is 1.69. The molecule has 0 radical (unpaired) electrons. The van der Waals surface area contributed by atoms with Crippen LogP contribution >= 0.6 is 0 Å². The highest BCUT2D eigenvalue weighted by atomic mass is 16.3. The second kappa shape index (κ2) is 3.75. The van der Waals surface area contributed by atoms with Gasteiger partial charge in [-0.1, -0.05) is 0 Å². The first-order chi connectivity index (χ1) is 5.90. The van der Waals surface area contributed by atoms with E-state index in [0.717, 1.165) is 18.4 Å². The van der Waals surface area contributed by atoms with Crippen LogP contribution in [0.4, 0.5) is 0 Å². The Morgan fingerprint density at radius 2 is 1.75 bits per heavy atom. The van der Waals surface area contributed by atoms with Gasteiger partial charge in [-0.05, 0) is 51.1 Å². The van der Waals surface area contributed by atoms with E-state index >= 15 is 0 Å². The molecule has 0 aromatic heterocycles. The van der Waals surface area contributed by atoms with Gasteiger partial charge in [-0.3, -0.25) is 0 Å². The Hall–Kier alpha value is -0.0800. The monoisotopic (exact) mass is 169 g/mol. The predicted molar refractivity (Wildman–Crippen MR) is 49.0 cm³/mol. The lowest BCUT2D eigenvalue weighted by atomic mass is 9.94. The van der Waals surface area contributed by atoms with Crippen LogP contribution < -0.4 is 0 Å². The largest absolute Gasteiger partial charge is 0.396 e. The molecule has 0 unspecified atom stereocenters. The summed E-state index contributed by atoms with van der Waals surface area (Å²) < 4.78 is 0. The molecule has 0 spiro atoms. The molecule has 0 amide bonds. The standard InChI is InChI=1S/C10H19NO/c12-8-5-9-3-6-11(7-4-9)10-1-2-10/h9-10,12H,1-8H2. The molecule has 1 heterocycles. The molecule has 12 heavy (non-hydrogen) atoms. The maximum Gasteiger partial charge on any atom is 0.0433 e. The Bertz CT molecular complexity index is 137. The number of rotatable bonds is 3. The first-order valence-electron chi connectivity index (χ1n) is 5.25. The Labute approximate surface area is 74.6 Å². The third-order valence-electron chi connectivity index (χ3n) is 3.25. The number of likely N-dealkylation sites (tertiary alicyclic amines) is 1. The molecule has 2 nitrogen and oxygen atoms in total. The van der Waals surface area contributed by atoms with Crippen molar-refractivity contribution in [2.75, 3.05) is 19.7 Å². The van der Waals surface area contributed by atoms with Crippen LogP contribution in [0.15, 0.2) is 0 Å². The number of hydrogen-bond acceptors (Lipinski definition) is 2. The summed E-state index contributed by atoms with van der Waals surface area (Å²) in [6, 6.07) is 0.945. The zero-order valence-electron chi connectivity index (χ0n) is 7.71. The van der Waals surface area contributed by atoms with E-state index in [1.807, 2.05) is 0 Å². The lowest BCUT2D eigenvalue weighted by molar-refractivity contribution is 0.153. The fraction of sp³-hybridized carbons (Fsp3) is 1.00. The molecule has 1 saturated heterocycles. The summed E-state index contributed by atoms with van der Waals surface area (Å²) >= 11 is 0. The summed E-state index contributed by atoms with van der Waals surface area (Å²) in [5.74, 6) is 0.810. The molecule has 1 aliphatic heterocycles. The molecule has 1 saturated carbocycles. The molecular formula is C10H19NO. The molecule has 0 aromatic carbocycles. The van der Waals surface area contributed by atoms with Crippen molar-refractivity contribution in [1.82, 2.24) is 4.90 Å². The average Bonchev–Trinajstić information content (AvgIpc) is 2.89. The van der Waals surface area contributed by atoms with Crippen LogP contribution in [0.3, 0.4) is 0 Å². The third kappa shape index (κ3) is 1.99. The van der Waals surface area contributed by atoms with Crippen LogP contribution in [0, 0.1) is 5.92 Å². The summed E-state index contributed by atoms with van der Waals surface area (Å²) in [5.41, 5.74) is 0. The molecular weight excluding hydrogens is 150 g/mol. The predicted octanol–water partition coefficient (Wildman–Crippen LogP) is 1.24. The number of nitrogens with zero attached hydrogens (tertiary/aromatic N) is 1. The summed E-state index contributed by atoms with van der Waals surface area (Å²) in [5, 5.41) is 8.79. The summed E-state index contributed by atoms with van der Waals surface area (Å²) in [7, 11) is 0. The Morgan fingerprint density at radius 3 is 2.25 bits per heavy atom. The van der Waals surface area contributed by atoms with Gasteiger partial charge in [0.1, 0.15) is 0 Å². The van der Waals surface area contributed by atoms with Crippen molar-refractivity contribution in [3.63, 3.8) is 0 Å². The Morgan fingerprint density at radius 1 is 1.08 bits per heavy atom. The smallest absolute Gasteiger partial charge is 0.0433 e. The van der Waals surface area contributed by atoms with Gasteiger partial charge in [0.25, 0.3) is 0 Å². The highest BCUT2D eigenvalue weighted by Gasteiger charge is 2.31. The highest BCUT2D eigenvalue weighted by Crippen LogP contribution is 2.31. The average molecular weight is 169 g/mol. The van der Waals surface area contributed by atoms with Crippen molar-refractivity contribution < 1.29 is 5.11 Å². The van der Waals surface area contributed by atoms with Gasteiger partial charge in [0.15, 0.2) is 0 Å². The van der Waals surface area contributed by atoms with E-state index in [-0.39, 0.29) is 0 Å². The minimum atomic E-state index is 0.383. The lowest BCUT2D eigenvalue weighted by Gasteiger charge is -2.31. The minimum absolute atomic E-state index is 0.383. The molecule has 70 valence electrons. The van der Waals surface area contributed by atoms with Crippen molar-refractivity contribution in [2.45, 2.75) is 38.1 Å². The summed E-state index contributed by atoms with van der Waals surface area (Å²) in [6.45, 7) is 2.96. The van der Waals surface area contributed by atoms with Crippen molar-refractivity contribution in [2.24, 2.45) is 5.92 Å². The number of piperidine rings is 1. The normalized spacial score (nSPS) is 27.8. The maximum absolute atomic E-state index is 8.79. The van der Waals surface area contributed by atoms with Crippen LogP contribution in [0.2, 0.25) is 0 Å². The molecule has 2 aliphatic rings. The van der Waals surface area contributed by atoms with E-state index < -0.39 is 0 Å². The van der Waals surface area contributed by atoms with Crippen LogP contribution in [0.1, 0.15) is 32.1 Å². The topological polar surface area (TPSA) is 23.5 Å². The van der Waals surface area contributed by atoms with Gasteiger partial charge >= 0.3 is 0 Å². The zero-order chi connectivity index (χ0) is 8.39. The molecule has 0 atom stereocenters. The Kier molecular flexibility index (Phi) is 2.66. The van der Waals surface area contributed by atoms with Gasteiger partial charge in [-0.15, -0.1) is 0 Å². The van der Waals surface area contributed by atoms with Crippen LogP contribution in [0.25, 0.3) is 0 Å². The SMILES string of the molecule is OCCC1CCN(C2CC2)CC1. The second-order valence-corrected chi connectivity index (χ2v) is 4.22. The summed E-state index contributed by atoms with van der Waals surface area (Å²) in [4.78, 5) is 2.63. The summed E-state index contributed by atoms with van der Waals surface area (Å²) in [6.07, 6.45) is 6.53. The van der Waals surface area contributed by atoms with E-state index in [4.69, 9.17) is 5.11 Å². The van der Waals surface area contributed by atoms with E-state index in [9.17, 15) is 0 Å². The van der Waals surface area contributed by atoms with Gasteiger partial charge < -0.3 is 10.0 Å². The lowest BCUT2D eigenvalue weighted by Crippen LogP contribution is -2.35. The van der Waals surface area contributed by atoms with Crippen molar-refractivity contribution in [1.29, 1.82) is 0 Å². The van der Waals surface area contributed by atoms with Crippen LogP contribution in [0.5, 0.6) is 0 Å². The molecule has 1 N–H and O–H groups in total. The van der Waals surface area contributed by atoms with Crippen molar-refractivity contribution in [3.8, 4) is 0 Å². The number of hydrogen-bond donors (Lipinski definition) is 1. The number of aliphatic hydroxyl groups excluding tert-OH is 1. The first kappa shape index (κ1) is 8.52. The van der Waals surface area contributed by atoms with Crippen molar-refractivity contribution in [3.05, 3.63) is 0 Å². The van der Waals surface area contributed by atoms with Crippen LogP contribution in [-0.4, -0.2) is 35.7 Å². The quantitative estimate of drug-likeness (QED) is 0.687. The fourth-order valence-electron chi connectivity index (χ4n) is 2.23. The molecule has 1 aliphatic carbocycles. The third-order valence-corrected chi connectivity index (χ3v) is 3.25. The first-order valence-corrected chi connectivity index (χ1v) is 5.25. The molecule has 0 aromatic rings. The van der Waals surface area contributed by atoms with Crippen molar-refractivity contribution >= 4 is 0 Å². The molecule has 2 fully saturated rings. The molecule has 2 rings (SSSR count). The van der Waals surface area contributed by atoms with E-state index in [0.29, 0.717) is 6.61 Å². The second-order valence-electron chi connectivity index (χ2n) is 4.22. The van der Waals surface area contributed by atoms with E-state index in [1.54, 1.807) is 0 Å². The zero-order valence-corrected chi connectivity index (χ0v) is 7.71. The van der Waals surface area contributed by atoms with Crippen LogP contribution in [-0.2, 0) is 0 Å². The van der Waals surface area contributed by atoms with E-state index in [1.165, 1.54) is 38.8 Å². The molecule has 0 bridgehead atoms. The fourth-order valence-corrected chi connectivity index (χ4v) is 2.23. The molecule has 2 heteroatoms. The maximum atomic E-state index is 8.79. The minimum Gasteiger partial charge on any atom is -0.396 e. The van der Waals surface area contributed by atoms with Gasteiger partial charge in [0, 0.05) is 12.6 Å². The van der Waals surface area contributed by atoms with E-state index in [2.05, 4.69) is 4.90 Å².